The van der Waals surface area contributed by atoms with Gasteiger partial charge in [-0.2, -0.15) is 11.3 Å². The predicted molar refractivity (Wildman–Crippen MR) is 67.8 cm³/mol. The molecule has 1 heterocycles. The molecule has 0 aliphatic carbocycles. The summed E-state index contributed by atoms with van der Waals surface area (Å²) in [5.74, 6) is 0. The van der Waals surface area contributed by atoms with Crippen LogP contribution in [0.1, 0.15) is 5.56 Å². The molecule has 0 amide bonds. The van der Waals surface area contributed by atoms with Gasteiger partial charge in [-0.3, -0.25) is 0 Å². The van der Waals surface area contributed by atoms with Crippen LogP contribution in [0.15, 0.2) is 47.2 Å². The molecule has 0 atom stereocenters. The van der Waals surface area contributed by atoms with Gasteiger partial charge in [-0.15, -0.1) is 0 Å². The zero-order valence-electron chi connectivity index (χ0n) is 8.39. The lowest BCUT2D eigenvalue weighted by molar-refractivity contribution is 1.26. The van der Waals surface area contributed by atoms with Crippen molar-refractivity contribution < 1.29 is 0 Å². The first-order valence-electron chi connectivity index (χ1n) is 4.89. The summed E-state index contributed by atoms with van der Waals surface area (Å²) < 4.78 is 0. The molecule has 0 aliphatic heterocycles. The fraction of sp³-hybridized carbons (Fsp3) is 0.0769. The molecule has 0 aliphatic rings. The van der Waals surface area contributed by atoms with E-state index in [0.717, 1.165) is 0 Å². The van der Waals surface area contributed by atoms with Crippen molar-refractivity contribution in [1.82, 2.24) is 0 Å². The number of hydrogen-bond donors (Lipinski definition) is 1. The van der Waals surface area contributed by atoms with E-state index in [-0.39, 0.29) is 0 Å². The molecule has 1 aromatic carbocycles. The Bertz CT molecular complexity index is 443. The highest BCUT2D eigenvalue weighted by Gasteiger charge is 1.97. The van der Waals surface area contributed by atoms with Crippen molar-refractivity contribution in [1.29, 1.82) is 0 Å². The highest BCUT2D eigenvalue weighted by molar-refractivity contribution is 7.08. The molecule has 0 unspecified atom stereocenters. The molecule has 0 saturated carbocycles. The van der Waals surface area contributed by atoms with Gasteiger partial charge in [0.05, 0.1) is 0 Å². The molecule has 2 heteroatoms. The van der Waals surface area contributed by atoms with E-state index >= 15 is 0 Å². The second-order valence-electron chi connectivity index (χ2n) is 3.28. The third-order valence-electron chi connectivity index (χ3n) is 2.19. The van der Waals surface area contributed by atoms with E-state index in [2.05, 4.69) is 47.2 Å². The van der Waals surface area contributed by atoms with Crippen molar-refractivity contribution in [2.45, 2.75) is 0 Å². The minimum atomic E-state index is 0.586. The highest BCUT2D eigenvalue weighted by atomic mass is 32.1. The van der Waals surface area contributed by atoms with Crippen molar-refractivity contribution in [3.63, 3.8) is 0 Å². The Labute approximate surface area is 93.9 Å². The normalized spacial score (nSPS) is 11.0. The summed E-state index contributed by atoms with van der Waals surface area (Å²) in [5.41, 5.74) is 9.16. The number of thiophene rings is 1. The van der Waals surface area contributed by atoms with Crippen LogP contribution >= 0.6 is 11.3 Å². The van der Waals surface area contributed by atoms with Gasteiger partial charge >= 0.3 is 0 Å². The van der Waals surface area contributed by atoms with Gasteiger partial charge in [0.1, 0.15) is 0 Å². The lowest BCUT2D eigenvalue weighted by atomic mass is 10.1. The van der Waals surface area contributed by atoms with Crippen LogP contribution in [0.3, 0.4) is 0 Å². The zero-order valence-corrected chi connectivity index (χ0v) is 9.21. The number of rotatable bonds is 3. The van der Waals surface area contributed by atoms with Crippen LogP contribution < -0.4 is 5.73 Å². The third-order valence-corrected chi connectivity index (χ3v) is 2.87. The summed E-state index contributed by atoms with van der Waals surface area (Å²) in [5, 5.41) is 4.25. The molecular formula is C13H13NS. The van der Waals surface area contributed by atoms with E-state index in [9.17, 15) is 0 Å². The molecule has 1 nitrogen and oxygen atoms in total. The molecular weight excluding hydrogens is 202 g/mol. The summed E-state index contributed by atoms with van der Waals surface area (Å²) in [6.07, 6.45) is 4.02. The van der Waals surface area contributed by atoms with Gasteiger partial charge in [-0.1, -0.05) is 30.4 Å². The molecule has 2 rings (SSSR count). The molecule has 76 valence electrons. The molecule has 0 saturated heterocycles. The second kappa shape index (κ2) is 4.91. The third kappa shape index (κ3) is 2.55. The molecule has 0 radical (unpaired) electrons. The fourth-order valence-corrected chi connectivity index (χ4v) is 2.12. The van der Waals surface area contributed by atoms with Crippen molar-refractivity contribution >= 4 is 17.4 Å². The fourth-order valence-electron chi connectivity index (χ4n) is 1.45. The quantitative estimate of drug-likeness (QED) is 0.834. The summed E-state index contributed by atoms with van der Waals surface area (Å²) >= 11 is 1.72. The minimum Gasteiger partial charge on any atom is -0.327 e. The number of nitrogens with two attached hydrogens (primary N) is 1. The van der Waals surface area contributed by atoms with Gasteiger partial charge < -0.3 is 5.73 Å². The summed E-state index contributed by atoms with van der Waals surface area (Å²) in [6.45, 7) is 0.586. The van der Waals surface area contributed by atoms with Gasteiger partial charge in [-0.25, -0.2) is 0 Å². The first-order valence-corrected chi connectivity index (χ1v) is 5.83. The largest absolute Gasteiger partial charge is 0.327 e. The lowest BCUT2D eigenvalue weighted by Gasteiger charge is -1.99. The average Bonchev–Trinajstić information content (AvgIpc) is 2.80. The highest BCUT2D eigenvalue weighted by Crippen LogP contribution is 2.23. The van der Waals surface area contributed by atoms with Gasteiger partial charge in [-0.05, 0) is 39.6 Å². The van der Waals surface area contributed by atoms with Crippen molar-refractivity contribution in [2.24, 2.45) is 5.73 Å². The maximum atomic E-state index is 5.42. The Kier molecular flexibility index (Phi) is 3.33. The molecule has 0 fully saturated rings. The van der Waals surface area contributed by atoms with Crippen LogP contribution in [0.2, 0.25) is 0 Å². The molecule has 15 heavy (non-hydrogen) atoms. The lowest BCUT2D eigenvalue weighted by Crippen LogP contribution is -1.91. The topological polar surface area (TPSA) is 26.0 Å². The number of benzene rings is 1. The van der Waals surface area contributed by atoms with E-state index in [1.54, 1.807) is 11.3 Å². The molecule has 2 aromatic rings. The van der Waals surface area contributed by atoms with E-state index < -0.39 is 0 Å². The molecule has 0 bridgehead atoms. The Morgan fingerprint density at radius 3 is 2.87 bits per heavy atom. The van der Waals surface area contributed by atoms with E-state index in [1.165, 1.54) is 16.7 Å². The van der Waals surface area contributed by atoms with Gasteiger partial charge in [0.2, 0.25) is 0 Å². The SMILES string of the molecule is NC/C=C/c1cccc(-c2ccsc2)c1. The van der Waals surface area contributed by atoms with E-state index in [0.29, 0.717) is 6.54 Å². The van der Waals surface area contributed by atoms with Gasteiger partial charge in [0, 0.05) is 6.54 Å². The van der Waals surface area contributed by atoms with Crippen molar-refractivity contribution in [2.75, 3.05) is 6.54 Å². The molecule has 2 N–H and O–H groups in total. The van der Waals surface area contributed by atoms with Crippen LogP contribution in [0.25, 0.3) is 17.2 Å². The first kappa shape index (κ1) is 10.1. The van der Waals surface area contributed by atoms with Crippen LogP contribution in [-0.2, 0) is 0 Å². The Balaban J connectivity index is 2.31. The van der Waals surface area contributed by atoms with Crippen molar-refractivity contribution in [3.05, 3.63) is 52.7 Å². The average molecular weight is 215 g/mol. The van der Waals surface area contributed by atoms with Crippen LogP contribution in [0.4, 0.5) is 0 Å². The Hall–Kier alpha value is -1.38. The van der Waals surface area contributed by atoms with Gasteiger partial charge in [0.15, 0.2) is 0 Å². The van der Waals surface area contributed by atoms with E-state index in [4.69, 9.17) is 5.73 Å². The summed E-state index contributed by atoms with van der Waals surface area (Å²) in [6, 6.07) is 10.6. The summed E-state index contributed by atoms with van der Waals surface area (Å²) in [4.78, 5) is 0. The zero-order chi connectivity index (χ0) is 10.5. The van der Waals surface area contributed by atoms with E-state index in [1.807, 2.05) is 6.08 Å². The maximum absolute atomic E-state index is 5.42. The minimum absolute atomic E-state index is 0.586. The standard InChI is InChI=1S/C13H13NS/c14-7-2-4-11-3-1-5-12(9-11)13-6-8-15-10-13/h1-6,8-10H,7,14H2/b4-2+. The van der Waals surface area contributed by atoms with Crippen LogP contribution in [-0.4, -0.2) is 6.54 Å². The number of hydrogen-bond acceptors (Lipinski definition) is 2. The smallest absolute Gasteiger partial charge is 0.0110 e. The monoisotopic (exact) mass is 215 g/mol. The Morgan fingerprint density at radius 2 is 2.13 bits per heavy atom. The first-order chi connectivity index (χ1) is 7.40. The summed E-state index contributed by atoms with van der Waals surface area (Å²) in [7, 11) is 0. The Morgan fingerprint density at radius 1 is 1.20 bits per heavy atom. The predicted octanol–water partition coefficient (Wildman–Crippen LogP) is 3.39. The van der Waals surface area contributed by atoms with Crippen LogP contribution in [0.5, 0.6) is 0 Å². The second-order valence-corrected chi connectivity index (χ2v) is 4.06. The molecule has 0 spiro atoms. The van der Waals surface area contributed by atoms with Crippen molar-refractivity contribution in [3.8, 4) is 11.1 Å². The van der Waals surface area contributed by atoms with Crippen LogP contribution in [0, 0.1) is 0 Å². The van der Waals surface area contributed by atoms with Gasteiger partial charge in [0.25, 0.3) is 0 Å². The maximum Gasteiger partial charge on any atom is 0.0110 e. The molecule has 1 aromatic heterocycles.